The van der Waals surface area contributed by atoms with E-state index in [0.717, 1.165) is 31.2 Å². The first-order valence-corrected chi connectivity index (χ1v) is 12.0. The maximum absolute atomic E-state index is 13.2. The lowest BCUT2D eigenvalue weighted by Crippen LogP contribution is -2.57. The number of esters is 1. The summed E-state index contributed by atoms with van der Waals surface area (Å²) in [6, 6.07) is 6.34. The second-order valence-corrected chi connectivity index (χ2v) is 9.31. The Morgan fingerprint density at radius 3 is 2.65 bits per heavy atom. The summed E-state index contributed by atoms with van der Waals surface area (Å²) >= 11 is 0. The topological polar surface area (TPSA) is 108 Å². The largest absolute Gasteiger partial charge is 0.469 e. The molecule has 34 heavy (non-hydrogen) atoms. The number of hydrogen-bond acceptors (Lipinski definition) is 6. The van der Waals surface area contributed by atoms with Crippen molar-refractivity contribution in [1.82, 2.24) is 20.4 Å². The maximum atomic E-state index is 13.2. The molecule has 0 bridgehead atoms. The molecule has 9 heteroatoms. The number of amides is 3. The molecule has 2 N–H and O–H groups in total. The summed E-state index contributed by atoms with van der Waals surface area (Å²) in [7, 11) is 4.91. The standard InChI is InChI=1S/C25H36N4O5/c1-28(2)16-22(30)29-15-7-6-10-21(29)25(33)27-20(13-14-23(31)34-3)24(32)26-19-12-11-17-8-4-5-9-18(17)19/h4-5,8-9,19-21H,6-7,10-16H2,1-3H3,(H,26,32)(H,27,33)/t19-,20+,21+/m1/s1. The molecule has 1 aromatic rings. The molecule has 3 rings (SSSR count). The molecule has 1 aromatic carbocycles. The molecule has 2 aliphatic rings. The second kappa shape index (κ2) is 12.0. The molecular formula is C25H36N4O5. The highest BCUT2D eigenvalue weighted by Crippen LogP contribution is 2.30. The van der Waals surface area contributed by atoms with E-state index in [9.17, 15) is 19.2 Å². The Morgan fingerprint density at radius 1 is 1.15 bits per heavy atom. The molecule has 0 radical (unpaired) electrons. The number of likely N-dealkylation sites (tertiary alicyclic amines) is 1. The number of carbonyl (C=O) groups excluding carboxylic acids is 4. The lowest BCUT2D eigenvalue weighted by molar-refractivity contribution is -0.144. The third kappa shape index (κ3) is 6.56. The number of carbonyl (C=O) groups is 4. The van der Waals surface area contributed by atoms with Gasteiger partial charge in [0.15, 0.2) is 0 Å². The minimum absolute atomic E-state index is 0.00403. The summed E-state index contributed by atoms with van der Waals surface area (Å²) in [6.07, 6.45) is 4.02. The number of ether oxygens (including phenoxy) is 1. The molecule has 186 valence electrons. The van der Waals surface area contributed by atoms with Gasteiger partial charge in [-0.3, -0.25) is 19.2 Å². The van der Waals surface area contributed by atoms with Crippen LogP contribution in [0.4, 0.5) is 0 Å². The van der Waals surface area contributed by atoms with Gasteiger partial charge in [-0.2, -0.15) is 0 Å². The first kappa shape index (κ1) is 25.7. The number of hydrogen-bond donors (Lipinski definition) is 2. The average Bonchev–Trinajstić information content (AvgIpc) is 3.23. The van der Waals surface area contributed by atoms with Crippen molar-refractivity contribution in [2.24, 2.45) is 0 Å². The van der Waals surface area contributed by atoms with Crippen molar-refractivity contribution in [3.8, 4) is 0 Å². The highest BCUT2D eigenvalue weighted by molar-refractivity contribution is 5.93. The molecule has 1 saturated heterocycles. The van der Waals surface area contributed by atoms with Crippen LogP contribution >= 0.6 is 0 Å². The summed E-state index contributed by atoms with van der Waals surface area (Å²) in [5.74, 6) is -1.24. The SMILES string of the molecule is COC(=O)CC[C@H](NC(=O)[C@@H]1CCCCN1C(=O)CN(C)C)C(=O)N[C@@H]1CCc2ccccc21. The molecule has 3 atom stereocenters. The Bertz CT molecular complexity index is 903. The molecule has 1 aliphatic heterocycles. The minimum Gasteiger partial charge on any atom is -0.469 e. The Morgan fingerprint density at radius 2 is 1.91 bits per heavy atom. The molecule has 1 aliphatic carbocycles. The number of nitrogens with zero attached hydrogens (tertiary/aromatic N) is 2. The van der Waals surface area contributed by atoms with E-state index < -0.39 is 18.1 Å². The molecule has 0 spiro atoms. The van der Waals surface area contributed by atoms with Crippen molar-refractivity contribution >= 4 is 23.7 Å². The zero-order valence-electron chi connectivity index (χ0n) is 20.3. The van der Waals surface area contributed by atoms with Crippen molar-refractivity contribution < 1.29 is 23.9 Å². The van der Waals surface area contributed by atoms with Crippen LogP contribution < -0.4 is 10.6 Å². The fourth-order valence-corrected chi connectivity index (χ4v) is 4.74. The normalized spacial score (nSPS) is 20.4. The summed E-state index contributed by atoms with van der Waals surface area (Å²) in [5.41, 5.74) is 2.29. The van der Waals surface area contributed by atoms with E-state index in [2.05, 4.69) is 16.7 Å². The van der Waals surface area contributed by atoms with Crippen molar-refractivity contribution in [3.05, 3.63) is 35.4 Å². The van der Waals surface area contributed by atoms with E-state index in [4.69, 9.17) is 4.74 Å². The number of benzene rings is 1. The summed E-state index contributed by atoms with van der Waals surface area (Å²) in [4.78, 5) is 54.3. The molecule has 1 heterocycles. The summed E-state index contributed by atoms with van der Waals surface area (Å²) in [6.45, 7) is 0.736. The fraction of sp³-hybridized carbons (Fsp3) is 0.600. The Labute approximate surface area is 201 Å². The second-order valence-electron chi connectivity index (χ2n) is 9.31. The van der Waals surface area contributed by atoms with Gasteiger partial charge in [0, 0.05) is 13.0 Å². The molecule has 1 fully saturated rings. The van der Waals surface area contributed by atoms with Crippen molar-refractivity contribution in [3.63, 3.8) is 0 Å². The highest BCUT2D eigenvalue weighted by Gasteiger charge is 2.35. The molecule has 0 aromatic heterocycles. The Hall–Kier alpha value is -2.94. The average molecular weight is 473 g/mol. The van der Waals surface area contributed by atoms with E-state index in [0.29, 0.717) is 13.0 Å². The van der Waals surface area contributed by atoms with E-state index in [-0.39, 0.29) is 43.1 Å². The van der Waals surface area contributed by atoms with Gasteiger partial charge < -0.3 is 25.2 Å². The molecule has 9 nitrogen and oxygen atoms in total. The minimum atomic E-state index is -0.896. The van der Waals surface area contributed by atoms with Crippen LogP contribution in [-0.2, 0) is 30.3 Å². The Balaban J connectivity index is 1.70. The predicted octanol–water partition coefficient (Wildman–Crippen LogP) is 1.17. The lowest BCUT2D eigenvalue weighted by atomic mass is 10.00. The third-order valence-corrected chi connectivity index (χ3v) is 6.52. The van der Waals surface area contributed by atoms with E-state index >= 15 is 0 Å². The van der Waals surface area contributed by atoms with Crippen LogP contribution in [-0.4, -0.2) is 79.9 Å². The van der Waals surface area contributed by atoms with Crippen LogP contribution in [0, 0.1) is 0 Å². The molecule has 3 amide bonds. The van der Waals surface area contributed by atoms with E-state index in [1.54, 1.807) is 9.80 Å². The zero-order valence-corrected chi connectivity index (χ0v) is 20.3. The van der Waals surface area contributed by atoms with Crippen LogP contribution in [0.5, 0.6) is 0 Å². The van der Waals surface area contributed by atoms with E-state index in [1.165, 1.54) is 12.7 Å². The van der Waals surface area contributed by atoms with Crippen molar-refractivity contribution in [2.45, 2.75) is 63.1 Å². The first-order chi connectivity index (χ1) is 16.3. The predicted molar refractivity (Wildman–Crippen MR) is 127 cm³/mol. The number of methoxy groups -OCH3 is 1. The van der Waals surface area contributed by atoms with Gasteiger partial charge in [-0.15, -0.1) is 0 Å². The van der Waals surface area contributed by atoms with Crippen LogP contribution in [0.25, 0.3) is 0 Å². The summed E-state index contributed by atoms with van der Waals surface area (Å²) in [5, 5.41) is 5.89. The number of rotatable bonds is 9. The van der Waals surface area contributed by atoms with Crippen LogP contribution in [0.3, 0.4) is 0 Å². The van der Waals surface area contributed by atoms with Crippen LogP contribution in [0.2, 0.25) is 0 Å². The zero-order chi connectivity index (χ0) is 24.7. The molecule has 0 saturated carbocycles. The fourth-order valence-electron chi connectivity index (χ4n) is 4.74. The monoisotopic (exact) mass is 472 g/mol. The number of likely N-dealkylation sites (N-methyl/N-ethyl adjacent to an activating group) is 1. The van der Waals surface area contributed by atoms with Gasteiger partial charge >= 0.3 is 5.97 Å². The van der Waals surface area contributed by atoms with Gasteiger partial charge in [-0.05, 0) is 63.7 Å². The number of piperidine rings is 1. The Kier molecular flexibility index (Phi) is 9.04. The third-order valence-electron chi connectivity index (χ3n) is 6.52. The maximum Gasteiger partial charge on any atom is 0.305 e. The summed E-state index contributed by atoms with van der Waals surface area (Å²) < 4.78 is 4.73. The van der Waals surface area contributed by atoms with Gasteiger partial charge in [-0.1, -0.05) is 24.3 Å². The number of fused-ring (bicyclic) bond motifs is 1. The van der Waals surface area contributed by atoms with Crippen LogP contribution in [0.15, 0.2) is 24.3 Å². The van der Waals surface area contributed by atoms with Crippen LogP contribution in [0.1, 0.15) is 55.7 Å². The lowest BCUT2D eigenvalue weighted by Gasteiger charge is -2.36. The van der Waals surface area contributed by atoms with Gasteiger partial charge in [0.1, 0.15) is 12.1 Å². The van der Waals surface area contributed by atoms with Crippen molar-refractivity contribution in [1.29, 1.82) is 0 Å². The smallest absolute Gasteiger partial charge is 0.305 e. The number of nitrogens with one attached hydrogen (secondary N) is 2. The molecule has 0 unspecified atom stereocenters. The van der Waals surface area contributed by atoms with Gasteiger partial charge in [0.05, 0.1) is 19.7 Å². The molecular weight excluding hydrogens is 436 g/mol. The van der Waals surface area contributed by atoms with Gasteiger partial charge in [0.25, 0.3) is 0 Å². The number of aryl methyl sites for hydroxylation is 1. The van der Waals surface area contributed by atoms with E-state index in [1.807, 2.05) is 32.3 Å². The van der Waals surface area contributed by atoms with Gasteiger partial charge in [0.2, 0.25) is 17.7 Å². The van der Waals surface area contributed by atoms with Gasteiger partial charge in [-0.25, -0.2) is 0 Å². The van der Waals surface area contributed by atoms with Crippen molar-refractivity contribution in [2.75, 3.05) is 34.3 Å². The highest BCUT2D eigenvalue weighted by atomic mass is 16.5. The quantitative estimate of drug-likeness (QED) is 0.523. The first-order valence-electron chi connectivity index (χ1n) is 12.0.